The molecule has 2 nitrogen and oxygen atoms in total. The fourth-order valence-corrected chi connectivity index (χ4v) is 1.10. The molecule has 0 radical (unpaired) electrons. The Bertz CT molecular complexity index is 142. The van der Waals surface area contributed by atoms with E-state index in [-0.39, 0.29) is 12.6 Å². The standard InChI is InChI=1S/C6H9FN2.2C2H6/c1-5-2-6(7)3-9(5)4-8;2*1-2/h5-6H,2-3H2,1H3;2*1-2H3. The predicted octanol–water partition coefficient (Wildman–Crippen LogP) is 2.95. The summed E-state index contributed by atoms with van der Waals surface area (Å²) in [5.41, 5.74) is 0. The molecular weight excluding hydrogens is 167 g/mol. The lowest BCUT2D eigenvalue weighted by Crippen LogP contribution is -2.20. The molecule has 1 heterocycles. The Morgan fingerprint density at radius 1 is 1.31 bits per heavy atom. The van der Waals surface area contributed by atoms with Gasteiger partial charge in [0.25, 0.3) is 0 Å². The molecule has 0 amide bonds. The number of hydrogen-bond donors (Lipinski definition) is 0. The second kappa shape index (κ2) is 9.31. The van der Waals surface area contributed by atoms with Crippen LogP contribution in [0.1, 0.15) is 41.0 Å². The van der Waals surface area contributed by atoms with Gasteiger partial charge < -0.3 is 4.90 Å². The zero-order valence-corrected chi connectivity index (χ0v) is 9.34. The van der Waals surface area contributed by atoms with Gasteiger partial charge in [0.15, 0.2) is 6.19 Å². The second-order valence-electron chi connectivity index (χ2n) is 2.43. The highest BCUT2D eigenvalue weighted by atomic mass is 19.1. The molecule has 0 aromatic carbocycles. The maximum absolute atomic E-state index is 12.4. The highest BCUT2D eigenvalue weighted by Gasteiger charge is 2.27. The Labute approximate surface area is 81.3 Å². The number of nitriles is 1. The van der Waals surface area contributed by atoms with E-state index in [1.165, 1.54) is 4.90 Å². The monoisotopic (exact) mass is 188 g/mol. The molecule has 0 aliphatic carbocycles. The summed E-state index contributed by atoms with van der Waals surface area (Å²) < 4.78 is 12.4. The summed E-state index contributed by atoms with van der Waals surface area (Å²) in [6.45, 7) is 10.2. The molecule has 2 atom stereocenters. The first-order valence-electron chi connectivity index (χ1n) is 5.04. The maximum Gasteiger partial charge on any atom is 0.179 e. The molecule has 0 spiro atoms. The maximum atomic E-state index is 12.4. The first kappa shape index (κ1) is 14.7. The third kappa shape index (κ3) is 5.46. The van der Waals surface area contributed by atoms with E-state index in [0.717, 1.165) is 0 Å². The van der Waals surface area contributed by atoms with Crippen LogP contribution in [0.15, 0.2) is 0 Å². The van der Waals surface area contributed by atoms with Gasteiger partial charge in [-0.1, -0.05) is 27.7 Å². The van der Waals surface area contributed by atoms with Crippen LogP contribution >= 0.6 is 0 Å². The van der Waals surface area contributed by atoms with E-state index in [1.807, 2.05) is 40.8 Å². The molecule has 1 rings (SSSR count). The fraction of sp³-hybridized carbons (Fsp3) is 0.900. The molecule has 1 aliphatic rings. The largest absolute Gasteiger partial charge is 0.305 e. The molecule has 1 fully saturated rings. The van der Waals surface area contributed by atoms with Gasteiger partial charge in [0.2, 0.25) is 0 Å². The van der Waals surface area contributed by atoms with E-state index in [2.05, 4.69) is 0 Å². The van der Waals surface area contributed by atoms with Crippen LogP contribution in [-0.4, -0.2) is 23.7 Å². The fourth-order valence-electron chi connectivity index (χ4n) is 1.10. The van der Waals surface area contributed by atoms with Crippen molar-refractivity contribution in [3.8, 4) is 6.19 Å². The zero-order valence-electron chi connectivity index (χ0n) is 9.34. The summed E-state index contributed by atoms with van der Waals surface area (Å²) in [7, 11) is 0. The first-order valence-corrected chi connectivity index (χ1v) is 5.04. The molecule has 0 aromatic rings. The van der Waals surface area contributed by atoms with Crippen molar-refractivity contribution >= 4 is 0 Å². The van der Waals surface area contributed by atoms with Crippen LogP contribution in [0.4, 0.5) is 4.39 Å². The van der Waals surface area contributed by atoms with E-state index in [0.29, 0.717) is 6.42 Å². The van der Waals surface area contributed by atoms with Crippen molar-refractivity contribution in [3.63, 3.8) is 0 Å². The topological polar surface area (TPSA) is 27.0 Å². The Kier molecular flexibility index (Phi) is 10.5. The van der Waals surface area contributed by atoms with Gasteiger partial charge in [0.05, 0.1) is 6.54 Å². The van der Waals surface area contributed by atoms with Gasteiger partial charge in [0, 0.05) is 12.5 Å². The third-order valence-corrected chi connectivity index (χ3v) is 1.65. The third-order valence-electron chi connectivity index (χ3n) is 1.65. The van der Waals surface area contributed by atoms with E-state index < -0.39 is 6.17 Å². The van der Waals surface area contributed by atoms with Crippen LogP contribution < -0.4 is 0 Å². The molecule has 78 valence electrons. The zero-order chi connectivity index (χ0) is 10.9. The Hall–Kier alpha value is -0.780. The first-order chi connectivity index (χ1) is 6.24. The lowest BCUT2D eigenvalue weighted by atomic mass is 10.2. The van der Waals surface area contributed by atoms with Crippen molar-refractivity contribution < 1.29 is 4.39 Å². The average molecular weight is 188 g/mol. The van der Waals surface area contributed by atoms with Gasteiger partial charge in [-0.2, -0.15) is 5.26 Å². The van der Waals surface area contributed by atoms with E-state index >= 15 is 0 Å². The average Bonchev–Trinajstić information content (AvgIpc) is 2.51. The summed E-state index contributed by atoms with van der Waals surface area (Å²) in [6, 6.07) is 0.102. The van der Waals surface area contributed by atoms with Gasteiger partial charge >= 0.3 is 0 Å². The molecule has 3 heteroatoms. The summed E-state index contributed by atoms with van der Waals surface area (Å²) >= 11 is 0. The minimum absolute atomic E-state index is 0.102. The Morgan fingerprint density at radius 2 is 1.77 bits per heavy atom. The minimum Gasteiger partial charge on any atom is -0.305 e. The SMILES string of the molecule is CC.CC.CC1CC(F)CN1C#N. The molecule has 13 heavy (non-hydrogen) atoms. The second-order valence-corrected chi connectivity index (χ2v) is 2.43. The van der Waals surface area contributed by atoms with Crippen LogP contribution in [0.25, 0.3) is 0 Å². The lowest BCUT2D eigenvalue weighted by Gasteiger charge is -2.10. The molecule has 0 saturated carbocycles. The van der Waals surface area contributed by atoms with E-state index in [9.17, 15) is 4.39 Å². The van der Waals surface area contributed by atoms with E-state index in [1.54, 1.807) is 0 Å². The van der Waals surface area contributed by atoms with Gasteiger partial charge in [0.1, 0.15) is 6.17 Å². The molecule has 0 N–H and O–H groups in total. The highest BCUT2D eigenvalue weighted by Crippen LogP contribution is 2.17. The van der Waals surface area contributed by atoms with Crippen molar-refractivity contribution in [3.05, 3.63) is 0 Å². The van der Waals surface area contributed by atoms with Crippen molar-refractivity contribution in [1.29, 1.82) is 5.26 Å². The van der Waals surface area contributed by atoms with Gasteiger partial charge in [-0.15, -0.1) is 0 Å². The predicted molar refractivity (Wildman–Crippen MR) is 54.0 cm³/mol. The van der Waals surface area contributed by atoms with Crippen molar-refractivity contribution in [2.24, 2.45) is 0 Å². The molecule has 0 aromatic heterocycles. The van der Waals surface area contributed by atoms with E-state index in [4.69, 9.17) is 5.26 Å². The number of hydrogen-bond acceptors (Lipinski definition) is 2. The van der Waals surface area contributed by atoms with Crippen molar-refractivity contribution in [2.75, 3.05) is 6.54 Å². The minimum atomic E-state index is -0.792. The van der Waals surface area contributed by atoms with Gasteiger partial charge in [-0.05, 0) is 6.92 Å². The van der Waals surface area contributed by atoms with Crippen LogP contribution in [0.3, 0.4) is 0 Å². The van der Waals surface area contributed by atoms with Crippen molar-refractivity contribution in [1.82, 2.24) is 4.90 Å². The van der Waals surface area contributed by atoms with Crippen molar-refractivity contribution in [2.45, 2.75) is 53.3 Å². The van der Waals surface area contributed by atoms with Crippen LogP contribution in [0.2, 0.25) is 0 Å². The van der Waals surface area contributed by atoms with Crippen LogP contribution in [0, 0.1) is 11.5 Å². The van der Waals surface area contributed by atoms with Crippen LogP contribution in [0.5, 0.6) is 0 Å². The summed E-state index contributed by atoms with van der Waals surface area (Å²) in [5.74, 6) is 0. The molecule has 2 unspecified atom stereocenters. The quantitative estimate of drug-likeness (QED) is 0.546. The highest BCUT2D eigenvalue weighted by molar-refractivity contribution is 4.89. The number of rotatable bonds is 0. The van der Waals surface area contributed by atoms with Gasteiger partial charge in [-0.3, -0.25) is 0 Å². The van der Waals surface area contributed by atoms with Crippen LogP contribution in [-0.2, 0) is 0 Å². The molecule has 1 aliphatic heterocycles. The van der Waals surface area contributed by atoms with Gasteiger partial charge in [-0.25, -0.2) is 4.39 Å². The molecule has 0 bridgehead atoms. The number of halogens is 1. The summed E-state index contributed by atoms with van der Waals surface area (Å²) in [4.78, 5) is 1.48. The normalized spacial score (nSPS) is 24.8. The summed E-state index contributed by atoms with van der Waals surface area (Å²) in [5, 5.41) is 8.36. The molecular formula is C10H21FN2. The summed E-state index contributed by atoms with van der Waals surface area (Å²) in [6.07, 6.45) is 1.65. The smallest absolute Gasteiger partial charge is 0.179 e. The number of alkyl halides is 1. The number of nitrogens with zero attached hydrogens (tertiary/aromatic N) is 2. The Balaban J connectivity index is 0. The molecule has 1 saturated heterocycles. The number of likely N-dealkylation sites (tertiary alicyclic amines) is 1. The Morgan fingerprint density at radius 3 is 1.92 bits per heavy atom. The lowest BCUT2D eigenvalue weighted by molar-refractivity contribution is 0.334.